The minimum absolute atomic E-state index is 0.214. The van der Waals surface area contributed by atoms with Gasteiger partial charge in [0.15, 0.2) is 0 Å². The van der Waals surface area contributed by atoms with E-state index in [0.29, 0.717) is 30.0 Å². The van der Waals surface area contributed by atoms with Gasteiger partial charge in [0.05, 0.1) is 12.7 Å². The van der Waals surface area contributed by atoms with Crippen LogP contribution in [0.15, 0.2) is 36.5 Å². The second kappa shape index (κ2) is 9.24. The van der Waals surface area contributed by atoms with Gasteiger partial charge in [0, 0.05) is 40.3 Å². The molecule has 3 saturated carbocycles. The van der Waals surface area contributed by atoms with Crippen LogP contribution in [0.5, 0.6) is 0 Å². The average molecular weight is 537 g/mol. The van der Waals surface area contributed by atoms with Crippen molar-refractivity contribution in [2.75, 3.05) is 12.8 Å². The van der Waals surface area contributed by atoms with Crippen LogP contribution >= 0.6 is 11.6 Å². The number of sulfonamides is 1. The summed E-state index contributed by atoms with van der Waals surface area (Å²) in [7, 11) is -3.51. The number of nitrogens with one attached hydrogen (secondary N) is 2. The van der Waals surface area contributed by atoms with E-state index in [1.807, 2.05) is 0 Å². The monoisotopic (exact) mass is 536 g/mol. The summed E-state index contributed by atoms with van der Waals surface area (Å²) in [4.78, 5) is 12.6. The molecule has 0 saturated heterocycles. The number of nitrogens with two attached hydrogens (primary N) is 1. The van der Waals surface area contributed by atoms with Crippen LogP contribution in [0.3, 0.4) is 0 Å². The van der Waals surface area contributed by atoms with Gasteiger partial charge in [-0.05, 0) is 50.8 Å². The van der Waals surface area contributed by atoms with E-state index in [2.05, 4.69) is 17.2 Å². The van der Waals surface area contributed by atoms with Gasteiger partial charge in [0.25, 0.3) is 0 Å². The molecule has 12 heteroatoms. The zero-order chi connectivity index (χ0) is 26.4. The van der Waals surface area contributed by atoms with Crippen LogP contribution in [0.1, 0.15) is 45.1 Å². The Balaban J connectivity index is 1.66. The lowest BCUT2D eigenvalue weighted by Gasteiger charge is -2.73. The number of nitrogens with zero attached hydrogens (tertiary/aromatic N) is 1. The molecule has 196 valence electrons. The van der Waals surface area contributed by atoms with E-state index in [1.165, 1.54) is 10.6 Å². The second-order valence-electron chi connectivity index (χ2n) is 10.5. The Morgan fingerprint density at radius 2 is 1.77 bits per heavy atom. The van der Waals surface area contributed by atoms with E-state index in [0.717, 1.165) is 5.56 Å². The maximum atomic E-state index is 12.6. The van der Waals surface area contributed by atoms with Crippen LogP contribution in [-0.4, -0.2) is 54.7 Å². The number of benzene rings is 1. The van der Waals surface area contributed by atoms with Gasteiger partial charge in [-0.25, -0.2) is 8.42 Å². The van der Waals surface area contributed by atoms with Crippen LogP contribution in [0, 0.1) is 5.41 Å². The number of hydrogen-bond donors (Lipinski definition) is 3. The van der Waals surface area contributed by atoms with Gasteiger partial charge >= 0.3 is 6.18 Å². The van der Waals surface area contributed by atoms with Crippen molar-refractivity contribution in [3.8, 4) is 0 Å². The fourth-order valence-corrected chi connectivity index (χ4v) is 6.46. The maximum Gasteiger partial charge on any atom is 0.390 e. The van der Waals surface area contributed by atoms with E-state index in [4.69, 9.17) is 17.3 Å². The minimum atomic E-state index is -4.38. The summed E-state index contributed by atoms with van der Waals surface area (Å²) in [5.41, 5.74) is 5.47. The number of amides is 1. The van der Waals surface area contributed by atoms with Crippen molar-refractivity contribution in [3.63, 3.8) is 0 Å². The molecule has 0 radical (unpaired) electrons. The highest BCUT2D eigenvalue weighted by atomic mass is 35.5. The van der Waals surface area contributed by atoms with Gasteiger partial charge < -0.3 is 16.4 Å². The quantitative estimate of drug-likeness (QED) is 0.402. The Morgan fingerprint density at radius 1 is 1.23 bits per heavy atom. The summed E-state index contributed by atoms with van der Waals surface area (Å²) in [5.74, 6) is -0.648. The largest absolute Gasteiger partial charge is 0.390 e. The highest BCUT2D eigenvalue weighted by Gasteiger charge is 2.73. The molecule has 2 bridgehead atoms. The van der Waals surface area contributed by atoms with Crippen molar-refractivity contribution in [2.45, 2.75) is 69.4 Å². The first-order valence-corrected chi connectivity index (χ1v) is 13.4. The predicted molar refractivity (Wildman–Crippen MR) is 129 cm³/mol. The molecular weight excluding hydrogens is 505 g/mol. The number of allylic oxidation sites excluding steroid dienone is 1. The SMILES string of the molecule is C=C(N[C@@H](C(=O)NCCC(F)(F)F)C(C)(C)N)C12CC(N(Cc3ccc(Cl)cc3)S(C)(=O)=O)(C1)C2. The topological polar surface area (TPSA) is 105 Å². The molecular formula is C23H32ClF3N4O3S. The first-order chi connectivity index (χ1) is 15.9. The summed E-state index contributed by atoms with van der Waals surface area (Å²) < 4.78 is 64.1. The van der Waals surface area contributed by atoms with Crippen LogP contribution in [0.25, 0.3) is 0 Å². The third kappa shape index (κ3) is 6.12. The Labute approximate surface area is 209 Å². The van der Waals surface area contributed by atoms with Gasteiger partial charge in [0.1, 0.15) is 6.04 Å². The van der Waals surface area contributed by atoms with Crippen molar-refractivity contribution < 1.29 is 26.4 Å². The normalized spacial score (nSPS) is 24.8. The molecule has 3 aliphatic carbocycles. The van der Waals surface area contributed by atoms with Crippen molar-refractivity contribution >= 4 is 27.5 Å². The maximum absolute atomic E-state index is 12.6. The number of halogens is 4. The lowest BCUT2D eigenvalue weighted by molar-refractivity contribution is -0.174. The molecule has 3 fully saturated rings. The van der Waals surface area contributed by atoms with Crippen molar-refractivity contribution in [3.05, 3.63) is 47.1 Å². The Hall–Kier alpha value is -1.82. The molecule has 4 N–H and O–H groups in total. The third-order valence-electron chi connectivity index (χ3n) is 6.84. The summed E-state index contributed by atoms with van der Waals surface area (Å²) in [5, 5.41) is 5.89. The molecule has 0 unspecified atom stereocenters. The Kier molecular flexibility index (Phi) is 7.33. The molecule has 3 aliphatic rings. The summed E-state index contributed by atoms with van der Waals surface area (Å²) >= 11 is 5.94. The van der Waals surface area contributed by atoms with E-state index in [9.17, 15) is 26.4 Å². The van der Waals surface area contributed by atoms with Crippen LogP contribution in [0.4, 0.5) is 13.2 Å². The molecule has 1 atom stereocenters. The van der Waals surface area contributed by atoms with Crippen LogP contribution in [-0.2, 0) is 21.4 Å². The van der Waals surface area contributed by atoms with E-state index in [-0.39, 0.29) is 6.54 Å². The highest BCUT2D eigenvalue weighted by Crippen LogP contribution is 2.72. The lowest BCUT2D eigenvalue weighted by Crippen LogP contribution is -2.77. The van der Waals surface area contributed by atoms with Crippen LogP contribution in [0.2, 0.25) is 5.02 Å². The zero-order valence-electron chi connectivity index (χ0n) is 20.0. The average Bonchev–Trinajstić information content (AvgIpc) is 2.62. The molecule has 0 heterocycles. The number of carbonyl (C=O) groups excluding carboxylic acids is 1. The molecule has 0 aromatic heterocycles. The fourth-order valence-electron chi connectivity index (χ4n) is 5.06. The summed E-state index contributed by atoms with van der Waals surface area (Å²) in [6.45, 7) is 6.94. The molecule has 0 aliphatic heterocycles. The minimum Gasteiger partial charge on any atom is -0.376 e. The molecule has 1 aromatic rings. The number of hydrogen-bond acceptors (Lipinski definition) is 5. The lowest BCUT2D eigenvalue weighted by atomic mass is 9.38. The summed E-state index contributed by atoms with van der Waals surface area (Å²) in [6.07, 6.45) is -2.75. The van der Waals surface area contributed by atoms with Gasteiger partial charge in [0.2, 0.25) is 15.9 Å². The number of alkyl halides is 3. The standard InChI is InChI=1S/C23H32ClF3N4O3S/c1-15(30-18(20(2,3)28)19(32)29-10-9-23(25,26)27)21-12-22(13-21,14-21)31(35(4,33)34)11-16-5-7-17(24)8-6-16/h5-8,18,30H,1,9-14,28H2,2-4H3,(H,29,32)/t18-,21?,22?/m0/s1. The van der Waals surface area contributed by atoms with E-state index in [1.54, 1.807) is 38.1 Å². The van der Waals surface area contributed by atoms with Crippen molar-refractivity contribution in [1.82, 2.24) is 14.9 Å². The molecule has 4 rings (SSSR count). The molecule has 1 aromatic carbocycles. The van der Waals surface area contributed by atoms with Crippen LogP contribution < -0.4 is 16.4 Å². The smallest absolute Gasteiger partial charge is 0.376 e. The van der Waals surface area contributed by atoms with Gasteiger partial charge in [-0.3, -0.25) is 4.79 Å². The first kappa shape index (κ1) is 27.8. The Bertz CT molecular complexity index is 1060. The third-order valence-corrected chi connectivity index (χ3v) is 8.41. The van der Waals surface area contributed by atoms with Crippen molar-refractivity contribution in [2.24, 2.45) is 11.1 Å². The molecule has 35 heavy (non-hydrogen) atoms. The van der Waals surface area contributed by atoms with Gasteiger partial charge in [-0.2, -0.15) is 17.5 Å². The summed E-state index contributed by atoms with van der Waals surface area (Å²) in [6, 6.07) is 5.98. The molecule has 7 nitrogen and oxygen atoms in total. The second-order valence-corrected chi connectivity index (χ2v) is 12.8. The zero-order valence-corrected chi connectivity index (χ0v) is 21.6. The van der Waals surface area contributed by atoms with Crippen molar-refractivity contribution in [1.29, 1.82) is 0 Å². The molecule has 1 amide bonds. The number of rotatable bonds is 11. The fraction of sp³-hybridized carbons (Fsp3) is 0.609. The highest BCUT2D eigenvalue weighted by molar-refractivity contribution is 7.88. The van der Waals surface area contributed by atoms with E-state index >= 15 is 0 Å². The Morgan fingerprint density at radius 3 is 2.23 bits per heavy atom. The predicted octanol–water partition coefficient (Wildman–Crippen LogP) is 3.30. The van der Waals surface area contributed by atoms with Gasteiger partial charge in [-0.15, -0.1) is 0 Å². The first-order valence-electron chi connectivity index (χ1n) is 11.2. The molecule has 0 spiro atoms. The van der Waals surface area contributed by atoms with E-state index < -0.39 is 57.6 Å². The number of carbonyl (C=O) groups is 1. The van der Waals surface area contributed by atoms with Gasteiger partial charge in [-0.1, -0.05) is 30.3 Å².